The first-order valence-electron chi connectivity index (χ1n) is 14.6. The summed E-state index contributed by atoms with van der Waals surface area (Å²) in [6, 6.07) is 39.4. The number of imidazole rings is 1. The molecule has 6 heteroatoms. The molecule has 5 aromatic heterocycles. The van der Waals surface area contributed by atoms with E-state index in [1.165, 1.54) is 5.39 Å². The van der Waals surface area contributed by atoms with Gasteiger partial charge in [-0.15, -0.1) is 0 Å². The first-order valence-corrected chi connectivity index (χ1v) is 14.6. The average molecular weight is 567 g/mol. The quantitative estimate of drug-likeness (QED) is 0.200. The molecule has 0 fully saturated rings. The van der Waals surface area contributed by atoms with E-state index >= 15 is 0 Å². The molecule has 0 unspecified atom stereocenters. The minimum Gasteiger partial charge on any atom is -0.457 e. The molecular weight excluding hydrogens is 544 g/mol. The third kappa shape index (κ3) is 3.19. The largest absolute Gasteiger partial charge is 0.457 e. The van der Waals surface area contributed by atoms with E-state index in [2.05, 4.69) is 86.7 Å². The minimum atomic E-state index is 0.734. The maximum absolute atomic E-state index is 6.56. The smallest absolute Gasteiger partial charge is 0.145 e. The summed E-state index contributed by atoms with van der Waals surface area (Å²) in [7, 11) is 0. The lowest BCUT2D eigenvalue weighted by Gasteiger charge is -2.11. The Morgan fingerprint density at radius 3 is 2.25 bits per heavy atom. The van der Waals surface area contributed by atoms with Crippen LogP contribution in [0.5, 0.6) is 11.5 Å². The van der Waals surface area contributed by atoms with Crippen molar-refractivity contribution >= 4 is 71.1 Å². The molecule has 0 aliphatic heterocycles. The van der Waals surface area contributed by atoms with Gasteiger partial charge in [0.1, 0.15) is 34.1 Å². The molecule has 0 saturated heterocycles. The Balaban J connectivity index is 1.19. The maximum atomic E-state index is 6.56. The van der Waals surface area contributed by atoms with Crippen molar-refractivity contribution in [3.05, 3.63) is 134 Å². The molecule has 0 aliphatic carbocycles. The molecule has 0 amide bonds. The van der Waals surface area contributed by atoms with Gasteiger partial charge in [0, 0.05) is 51.6 Å². The van der Waals surface area contributed by atoms with Gasteiger partial charge in [-0.2, -0.15) is 0 Å². The SMILES string of the molecule is c1ccc(-n2c3cc(Oc4ccc5c6ccccc6n6ccnc6c5c4)ccc3c3c4oc5ccccc5c4ccc32)nc1. The van der Waals surface area contributed by atoms with Crippen LogP contribution in [0.25, 0.3) is 76.9 Å². The Labute approximate surface area is 250 Å². The summed E-state index contributed by atoms with van der Waals surface area (Å²) in [5.41, 5.74) is 5.82. The summed E-state index contributed by atoms with van der Waals surface area (Å²) in [6.07, 6.45) is 5.67. The zero-order chi connectivity index (χ0) is 28.8. The van der Waals surface area contributed by atoms with Crippen LogP contribution < -0.4 is 4.74 Å². The van der Waals surface area contributed by atoms with E-state index in [1.54, 1.807) is 0 Å². The fraction of sp³-hybridized carbons (Fsp3) is 0. The lowest BCUT2D eigenvalue weighted by atomic mass is 10.1. The fourth-order valence-corrected chi connectivity index (χ4v) is 6.81. The number of rotatable bonds is 3. The number of benzene rings is 5. The predicted octanol–water partition coefficient (Wildman–Crippen LogP) is 9.82. The first-order chi connectivity index (χ1) is 21.8. The minimum absolute atomic E-state index is 0.734. The second kappa shape index (κ2) is 8.69. The number of aromatic nitrogens is 4. The van der Waals surface area contributed by atoms with Gasteiger partial charge in [-0.05, 0) is 72.1 Å². The number of hydrogen-bond donors (Lipinski definition) is 0. The van der Waals surface area contributed by atoms with Crippen LogP contribution >= 0.6 is 0 Å². The number of fused-ring (bicyclic) bond motifs is 13. The van der Waals surface area contributed by atoms with Gasteiger partial charge in [0.25, 0.3) is 0 Å². The van der Waals surface area contributed by atoms with Gasteiger partial charge in [-0.25, -0.2) is 9.97 Å². The number of furan rings is 1. The van der Waals surface area contributed by atoms with E-state index in [0.717, 1.165) is 83.0 Å². The Morgan fingerprint density at radius 1 is 0.545 bits per heavy atom. The van der Waals surface area contributed by atoms with Crippen molar-refractivity contribution in [1.82, 2.24) is 18.9 Å². The Hall–Kier alpha value is -6.14. The number of nitrogens with zero attached hydrogens (tertiary/aromatic N) is 4. The summed E-state index contributed by atoms with van der Waals surface area (Å²) in [5.74, 6) is 2.31. The van der Waals surface area contributed by atoms with Crippen LogP contribution in [0.15, 0.2) is 138 Å². The highest BCUT2D eigenvalue weighted by Crippen LogP contribution is 2.42. The highest BCUT2D eigenvalue weighted by molar-refractivity contribution is 6.24. The van der Waals surface area contributed by atoms with Gasteiger partial charge < -0.3 is 9.15 Å². The molecule has 0 N–H and O–H groups in total. The highest BCUT2D eigenvalue weighted by Gasteiger charge is 2.20. The summed E-state index contributed by atoms with van der Waals surface area (Å²) >= 11 is 0. The van der Waals surface area contributed by atoms with Crippen molar-refractivity contribution in [3.8, 4) is 17.3 Å². The van der Waals surface area contributed by atoms with E-state index in [0.29, 0.717) is 0 Å². The van der Waals surface area contributed by atoms with Crippen LogP contribution in [0, 0.1) is 0 Å². The molecule has 44 heavy (non-hydrogen) atoms. The fourth-order valence-electron chi connectivity index (χ4n) is 6.81. The molecule has 0 saturated carbocycles. The summed E-state index contributed by atoms with van der Waals surface area (Å²) < 4.78 is 17.4. The second-order valence-corrected chi connectivity index (χ2v) is 11.1. The number of pyridine rings is 2. The van der Waals surface area contributed by atoms with Crippen molar-refractivity contribution in [2.75, 3.05) is 0 Å². The number of hydrogen-bond acceptors (Lipinski definition) is 4. The van der Waals surface area contributed by atoms with Crippen molar-refractivity contribution in [2.24, 2.45) is 0 Å². The first kappa shape index (κ1) is 23.4. The zero-order valence-corrected chi connectivity index (χ0v) is 23.3. The van der Waals surface area contributed by atoms with Gasteiger partial charge in [0.15, 0.2) is 0 Å². The van der Waals surface area contributed by atoms with E-state index in [-0.39, 0.29) is 0 Å². The number of para-hydroxylation sites is 2. The Kier molecular flexibility index (Phi) is 4.63. The van der Waals surface area contributed by atoms with Crippen LogP contribution in [0.3, 0.4) is 0 Å². The molecule has 0 aliphatic rings. The Morgan fingerprint density at radius 2 is 1.34 bits per heavy atom. The van der Waals surface area contributed by atoms with Crippen LogP contribution in [-0.4, -0.2) is 18.9 Å². The van der Waals surface area contributed by atoms with Gasteiger partial charge in [-0.3, -0.25) is 8.97 Å². The highest BCUT2D eigenvalue weighted by atomic mass is 16.5. The molecular formula is C38H22N4O2. The van der Waals surface area contributed by atoms with Crippen molar-refractivity contribution in [1.29, 1.82) is 0 Å². The van der Waals surface area contributed by atoms with Crippen molar-refractivity contribution in [2.45, 2.75) is 0 Å². The van der Waals surface area contributed by atoms with E-state index in [1.807, 2.05) is 61.1 Å². The summed E-state index contributed by atoms with van der Waals surface area (Å²) in [6.45, 7) is 0. The normalized spacial score (nSPS) is 12.1. The molecule has 6 nitrogen and oxygen atoms in total. The van der Waals surface area contributed by atoms with E-state index in [4.69, 9.17) is 14.1 Å². The Bertz CT molecular complexity index is 2750. The molecule has 0 radical (unpaired) electrons. The maximum Gasteiger partial charge on any atom is 0.145 e. The predicted molar refractivity (Wildman–Crippen MR) is 176 cm³/mol. The topological polar surface area (TPSA) is 57.5 Å². The molecule has 0 spiro atoms. The number of ether oxygens (including phenoxy) is 1. The molecule has 0 atom stereocenters. The van der Waals surface area contributed by atoms with Gasteiger partial charge in [0.2, 0.25) is 0 Å². The molecule has 10 aromatic rings. The summed E-state index contributed by atoms with van der Waals surface area (Å²) in [5, 5.41) is 7.71. The summed E-state index contributed by atoms with van der Waals surface area (Å²) in [4.78, 5) is 9.41. The van der Waals surface area contributed by atoms with Crippen LogP contribution in [0.4, 0.5) is 0 Å². The van der Waals surface area contributed by atoms with Crippen molar-refractivity contribution < 1.29 is 9.15 Å². The zero-order valence-electron chi connectivity index (χ0n) is 23.3. The standard InChI is InChI=1S/C38H22N4O2/c1-3-9-31-26(7-1)25-14-12-23(21-30(25)38-40-19-20-41(31)38)43-24-13-15-29-33(22-24)42(35-11-5-6-18-39-35)32-17-16-28-27-8-2-4-10-34(27)44-37(28)36(29)32/h1-22H. The van der Waals surface area contributed by atoms with Crippen LogP contribution in [-0.2, 0) is 0 Å². The van der Waals surface area contributed by atoms with Crippen LogP contribution in [0.1, 0.15) is 0 Å². The van der Waals surface area contributed by atoms with E-state index < -0.39 is 0 Å². The lowest BCUT2D eigenvalue weighted by molar-refractivity contribution is 0.484. The third-order valence-electron chi connectivity index (χ3n) is 8.69. The van der Waals surface area contributed by atoms with Gasteiger partial charge >= 0.3 is 0 Å². The third-order valence-corrected chi connectivity index (χ3v) is 8.69. The molecule has 206 valence electrons. The van der Waals surface area contributed by atoms with Crippen molar-refractivity contribution in [3.63, 3.8) is 0 Å². The van der Waals surface area contributed by atoms with Gasteiger partial charge in [0.05, 0.1) is 21.9 Å². The molecule has 5 aromatic carbocycles. The second-order valence-electron chi connectivity index (χ2n) is 11.1. The van der Waals surface area contributed by atoms with E-state index in [9.17, 15) is 0 Å². The molecule has 0 bridgehead atoms. The lowest BCUT2D eigenvalue weighted by Crippen LogP contribution is -1.96. The van der Waals surface area contributed by atoms with Crippen LogP contribution in [0.2, 0.25) is 0 Å². The average Bonchev–Trinajstić information content (AvgIpc) is 3.79. The monoisotopic (exact) mass is 566 g/mol. The van der Waals surface area contributed by atoms with Gasteiger partial charge in [-0.1, -0.05) is 42.5 Å². The molecule has 5 heterocycles. The molecule has 10 rings (SSSR count).